The zero-order chi connectivity index (χ0) is 112. The second kappa shape index (κ2) is 62.2. The first-order chi connectivity index (χ1) is 70.8. The highest BCUT2D eigenvalue weighted by Crippen LogP contribution is 2.43. The number of hydrogen-bond acceptors (Lipinski definition) is 34. The highest BCUT2D eigenvalue weighted by atomic mass is 16.7. The topological polar surface area (TPSA) is 553 Å². The Morgan fingerprint density at radius 3 is 1.09 bits per heavy atom. The number of aliphatic hydroxyl groups excluding tert-OH is 12. The first-order valence-electron chi connectivity index (χ1n) is 54.7. The number of piperidine rings is 2. The third-order valence-corrected chi connectivity index (χ3v) is 32.4. The molecule has 2 amide bonds. The maximum Gasteiger partial charge on any atom is 0.329 e. The third-order valence-electron chi connectivity index (χ3n) is 32.4. The van der Waals surface area contributed by atoms with Gasteiger partial charge in [0, 0.05) is 103 Å². The van der Waals surface area contributed by atoms with Gasteiger partial charge in [0.1, 0.15) is 96.9 Å². The summed E-state index contributed by atoms with van der Waals surface area (Å²) in [6, 6.07) is -2.46. The van der Waals surface area contributed by atoms with E-state index in [2.05, 4.69) is 0 Å². The number of methoxy groups -OCH3 is 4. The van der Waals surface area contributed by atoms with E-state index in [1.165, 1.54) is 14.2 Å². The summed E-state index contributed by atoms with van der Waals surface area (Å²) in [5.41, 5.74) is 1.92. The van der Waals surface area contributed by atoms with Crippen LogP contribution in [-0.2, 0) is 95.3 Å². The molecule has 8 aliphatic rings. The summed E-state index contributed by atoms with van der Waals surface area (Å²) < 4.78 is 59.6. The average Bonchev–Trinajstić information content (AvgIpc) is 0.773. The molecule has 0 aromatic rings. The van der Waals surface area contributed by atoms with Crippen molar-refractivity contribution in [2.45, 2.75) is 436 Å². The maximum absolute atomic E-state index is 14.5. The number of nitrogens with zero attached hydrogens (tertiary/aromatic N) is 2. The Labute approximate surface area is 887 Å². The Kier molecular flexibility index (Phi) is 53.8. The molecule has 2 saturated carbocycles. The molecule has 4 saturated heterocycles. The first kappa shape index (κ1) is 130. The zero-order valence-electron chi connectivity index (χ0n) is 92.2. The van der Waals surface area contributed by atoms with Crippen LogP contribution < -0.4 is 0 Å². The number of fused-ring (bicyclic) bond motifs is 6. The monoisotopic (exact) mass is 2120 g/mol. The van der Waals surface area contributed by atoms with Crippen molar-refractivity contribution in [2.75, 3.05) is 54.7 Å². The maximum atomic E-state index is 14.5. The number of esters is 2. The number of carbonyl (C=O) groups is 10. The van der Waals surface area contributed by atoms with E-state index in [0.29, 0.717) is 125 Å². The van der Waals surface area contributed by atoms with Gasteiger partial charge in [-0.1, -0.05) is 156 Å². The predicted molar refractivity (Wildman–Crippen MR) is 557 cm³/mol. The molecule has 38 atom stereocenters. The van der Waals surface area contributed by atoms with Crippen LogP contribution >= 0.6 is 0 Å². The van der Waals surface area contributed by atoms with E-state index in [1.807, 2.05) is 52.0 Å². The van der Waals surface area contributed by atoms with Crippen LogP contribution in [-0.4, -0.2) is 352 Å². The Morgan fingerprint density at radius 2 is 0.760 bits per heavy atom. The van der Waals surface area contributed by atoms with Gasteiger partial charge >= 0.3 is 11.9 Å². The van der Waals surface area contributed by atoms with Gasteiger partial charge in [-0.2, -0.15) is 0 Å². The van der Waals surface area contributed by atoms with Gasteiger partial charge in [0.25, 0.3) is 23.4 Å². The summed E-state index contributed by atoms with van der Waals surface area (Å²) in [7, 11) is 5.79. The molecule has 852 valence electrons. The number of rotatable bonds is 24. The molecule has 6 aliphatic heterocycles. The average molecular weight is 2120 g/mol. The molecule has 36 nitrogen and oxygen atoms in total. The van der Waals surface area contributed by atoms with E-state index < -0.39 is 242 Å². The molecular weight excluding hydrogens is 1940 g/mol. The molecular formula is C114H182N2O34. The van der Waals surface area contributed by atoms with Gasteiger partial charge in [0.2, 0.25) is 11.6 Å². The van der Waals surface area contributed by atoms with Crippen molar-refractivity contribution in [2.24, 2.45) is 71.0 Å². The highest BCUT2D eigenvalue weighted by Gasteiger charge is 2.56. The van der Waals surface area contributed by atoms with Gasteiger partial charge in [-0.15, -0.1) is 0 Å². The molecule has 150 heavy (non-hydrogen) atoms. The number of cyclic esters (lactones) is 2. The molecule has 6 heterocycles. The fraction of sp³-hybridized carbons (Fsp3) is 0.772. The summed E-state index contributed by atoms with van der Waals surface area (Å²) in [5, 5.41) is 152. The number of hydrogen-bond donors (Lipinski definition) is 14. The van der Waals surface area contributed by atoms with Crippen LogP contribution in [0.25, 0.3) is 0 Å². The fourth-order valence-electron chi connectivity index (χ4n) is 22.1. The van der Waals surface area contributed by atoms with Crippen LogP contribution in [0.1, 0.15) is 278 Å². The van der Waals surface area contributed by atoms with Crippen LogP contribution in [0, 0.1) is 71.0 Å². The number of aliphatic hydroxyl groups is 14. The van der Waals surface area contributed by atoms with Crippen LogP contribution in [0.3, 0.4) is 0 Å². The molecule has 0 aromatic carbocycles. The number of amides is 2. The van der Waals surface area contributed by atoms with Crippen LogP contribution in [0.15, 0.2) is 95.2 Å². The van der Waals surface area contributed by atoms with Gasteiger partial charge in [0.05, 0.1) is 74.3 Å². The molecule has 10 unspecified atom stereocenters. The smallest absolute Gasteiger partial charge is 0.329 e. The molecule has 0 aromatic heterocycles. The van der Waals surface area contributed by atoms with Gasteiger partial charge in [0.15, 0.2) is 11.6 Å². The van der Waals surface area contributed by atoms with E-state index in [0.717, 1.165) is 9.80 Å². The summed E-state index contributed by atoms with van der Waals surface area (Å²) in [5.74, 6) is -18.0. The van der Waals surface area contributed by atoms with Gasteiger partial charge in [-0.3, -0.25) is 38.4 Å². The lowest BCUT2D eigenvalue weighted by atomic mass is 9.78. The lowest BCUT2D eigenvalue weighted by Gasteiger charge is -2.43. The number of ketones is 6. The molecule has 2 aliphatic carbocycles. The van der Waals surface area contributed by atoms with Crippen molar-refractivity contribution in [3.8, 4) is 0 Å². The lowest BCUT2D eigenvalue weighted by Crippen LogP contribution is -2.61. The zero-order valence-corrected chi connectivity index (χ0v) is 92.2. The predicted octanol–water partition coefficient (Wildman–Crippen LogP) is 8.81. The molecule has 0 spiro atoms. The molecule has 14 N–H and O–H groups in total. The second-order valence-corrected chi connectivity index (χ2v) is 44.4. The lowest BCUT2D eigenvalue weighted by molar-refractivity contribution is -0.266. The highest BCUT2D eigenvalue weighted by molar-refractivity contribution is 6.39. The number of ether oxygens (including phenoxy) is 10. The summed E-state index contributed by atoms with van der Waals surface area (Å²) in [6.07, 6.45) is 4.65. The number of carbonyl (C=O) groups excluding carboxylic acids is 10. The quantitative estimate of drug-likeness (QED) is 0.0244. The summed E-state index contributed by atoms with van der Waals surface area (Å²) >= 11 is 0. The van der Waals surface area contributed by atoms with Crippen LogP contribution in [0.2, 0.25) is 0 Å². The van der Waals surface area contributed by atoms with E-state index in [1.54, 1.807) is 146 Å². The van der Waals surface area contributed by atoms with E-state index in [-0.39, 0.29) is 136 Å². The fourth-order valence-corrected chi connectivity index (χ4v) is 22.1. The van der Waals surface area contributed by atoms with E-state index in [4.69, 9.17) is 47.4 Å². The standard InChI is InChI=1S/2C57H91NO17/c2*1-11-42(59)51(65)52(66)45(62)31-73-46-29-40-22-20-38(8)57(70,75-40)54(67)55(68)58-24-16-15-19-41(58)56(69)74-47(35(5)27-39-21-23-43(60)48(28-39)71-9)30-44(61)34(4)26-37(7)50(64)53(72-10)49(63)36(6)25-32(2)17-13-12-14-18-33(46)3/h2*12-14,17-18,26,32,34-36,38-43,45-48,50-53,59-60,62,64-66,70H,11,15-16,19-25,27-31H2,1-10H3/b2*14-12+,17-13+,33-18+,37-26+/t32-,34-,35-,36-,38-,39+,40+,41+,42?,43-,45?,46+,47+,48-,50-,51?,52?,53?,57-;32-,34-,35-,36-,38-,39+,40+,41+,42?,43-,45?,46-,47+,48-,50-,51?,52?,53?,57-/m11/s1. The number of allylic oxidation sites excluding steroid dienone is 12. The SMILES string of the molecule is CCC(O)C(O)C(O)C(O)CO[C@@H]1C[C@@H]2CC[C@@H](C)[C@@](O)(O2)C(=O)C(=O)N2CCCC[C@H]2C(=O)O[C@H]([C@H](C)C[C@@H]2CC[C@@H](O)[C@H](OC)C2)CC(=O)[C@H](C)/C=C(\C)[C@@H](O)C(OC)C(=O)[C@H](C)C[C@H](C)/C=C/C=C/C=C/1C.CCC(O)C(O)C(O)C(O)CO[C@H]1C[C@@H]2CC[C@@H](C)[C@@](O)(O2)C(=O)C(=O)N2CCCC[C@H]2C(=O)O[C@H]([C@H](C)C[C@@H]2CC[C@@H](O)[C@H](OC)C2)CC(=O)[C@H](C)/C=C(\C)[C@@H](O)C(OC)C(=O)[C@H](C)C[C@H](C)/C=C/C=C/C=C/1C. The molecule has 8 rings (SSSR count). The Bertz CT molecular complexity index is 4290. The van der Waals surface area contributed by atoms with Crippen molar-refractivity contribution in [1.82, 2.24) is 9.80 Å². The minimum atomic E-state index is -2.61. The van der Waals surface area contributed by atoms with Crippen molar-refractivity contribution in [3.05, 3.63) is 95.2 Å². The van der Waals surface area contributed by atoms with Crippen molar-refractivity contribution in [3.63, 3.8) is 0 Å². The molecule has 6 fully saturated rings. The van der Waals surface area contributed by atoms with Crippen molar-refractivity contribution < 1.29 is 167 Å². The minimum absolute atomic E-state index is 0.00699. The second-order valence-electron chi connectivity index (χ2n) is 44.4. The van der Waals surface area contributed by atoms with Gasteiger partial charge < -0.3 is 129 Å². The van der Waals surface area contributed by atoms with Crippen LogP contribution in [0.5, 0.6) is 0 Å². The number of Topliss-reactive ketones (excluding diaryl/α,β-unsaturated/α-hetero) is 6. The summed E-state index contributed by atoms with van der Waals surface area (Å²) in [4.78, 5) is 145. The van der Waals surface area contributed by atoms with Gasteiger partial charge in [-0.25, -0.2) is 9.59 Å². The molecule has 36 heteroatoms. The van der Waals surface area contributed by atoms with E-state index in [9.17, 15) is 119 Å². The Morgan fingerprint density at radius 1 is 0.413 bits per heavy atom. The van der Waals surface area contributed by atoms with Crippen molar-refractivity contribution >= 4 is 58.5 Å². The van der Waals surface area contributed by atoms with E-state index >= 15 is 0 Å². The minimum Gasteiger partial charge on any atom is -0.460 e. The van der Waals surface area contributed by atoms with Crippen molar-refractivity contribution in [1.29, 1.82) is 0 Å². The third kappa shape index (κ3) is 36.5. The normalized spacial score (nSPS) is 38.4. The Balaban J connectivity index is 0.000000406. The molecule has 0 radical (unpaired) electrons. The Hall–Kier alpha value is -7.06. The largest absolute Gasteiger partial charge is 0.460 e. The molecule has 4 bridgehead atoms. The van der Waals surface area contributed by atoms with Crippen LogP contribution in [0.4, 0.5) is 0 Å². The van der Waals surface area contributed by atoms with Gasteiger partial charge in [-0.05, 0) is 227 Å². The first-order valence-corrected chi connectivity index (χ1v) is 54.7. The summed E-state index contributed by atoms with van der Waals surface area (Å²) in [6.45, 7) is 26.7.